The Labute approximate surface area is 80.1 Å². The molecule has 0 aliphatic carbocycles. The van der Waals surface area contributed by atoms with E-state index in [0.717, 1.165) is 29.4 Å². The van der Waals surface area contributed by atoms with Gasteiger partial charge in [0.2, 0.25) is 0 Å². The molecule has 0 nitrogen and oxygen atoms in total. The molecule has 0 radical (unpaired) electrons. The van der Waals surface area contributed by atoms with E-state index in [2.05, 4.69) is 0 Å². The second kappa shape index (κ2) is 4.79. The zero-order valence-corrected chi connectivity index (χ0v) is 9.59. The van der Waals surface area contributed by atoms with Crippen LogP contribution in [0.5, 0.6) is 0 Å². The van der Waals surface area contributed by atoms with Gasteiger partial charge >= 0.3 is 67.5 Å². The Morgan fingerprint density at radius 3 is 2.36 bits per heavy atom. The third kappa shape index (κ3) is 2.84. The van der Waals surface area contributed by atoms with Gasteiger partial charge in [-0.25, -0.2) is 0 Å². The van der Waals surface area contributed by atoms with Crippen LogP contribution in [-0.2, 0) is 23.3 Å². The Balaban J connectivity index is 0.000001000. The summed E-state index contributed by atoms with van der Waals surface area (Å²) in [5, 5.41) is 0.728. The van der Waals surface area contributed by atoms with Gasteiger partial charge in [-0.2, -0.15) is 0 Å². The van der Waals surface area contributed by atoms with Crippen LogP contribution in [0.15, 0.2) is 18.2 Å². The Kier molecular flexibility index (Phi) is 4.78. The predicted molar refractivity (Wildman–Crippen MR) is 37.3 cm³/mol. The van der Waals surface area contributed by atoms with E-state index in [1.165, 1.54) is 12.1 Å². The van der Waals surface area contributed by atoms with Crippen molar-refractivity contribution in [1.29, 1.82) is 0 Å². The fourth-order valence-corrected chi connectivity index (χ4v) is 1.58. The summed E-state index contributed by atoms with van der Waals surface area (Å²) in [6.07, 6.45) is 0. The SMILES string of the molecule is Cl.Fc1ccc([CH2][Zn])c(F)c1. The Morgan fingerprint density at radius 2 is 1.91 bits per heavy atom. The van der Waals surface area contributed by atoms with Crippen molar-refractivity contribution < 1.29 is 27.1 Å². The third-order valence-corrected chi connectivity index (χ3v) is 2.41. The number of hydrogen-bond acceptors (Lipinski definition) is 0. The van der Waals surface area contributed by atoms with Crippen molar-refractivity contribution in [3.8, 4) is 0 Å². The summed E-state index contributed by atoms with van der Waals surface area (Å²) < 4.78 is 24.9. The molecule has 0 unspecified atom stereocenters. The molecule has 57 valence electrons. The Hall–Kier alpha value is -0.00662. The first-order valence-electron chi connectivity index (χ1n) is 2.97. The zero-order chi connectivity index (χ0) is 7.56. The molecule has 0 saturated carbocycles. The van der Waals surface area contributed by atoms with E-state index in [1.807, 2.05) is 0 Å². The van der Waals surface area contributed by atoms with Gasteiger partial charge in [-0.05, 0) is 0 Å². The van der Waals surface area contributed by atoms with Crippen molar-refractivity contribution in [1.82, 2.24) is 0 Å². The number of hydrogen-bond donors (Lipinski definition) is 0. The monoisotopic (exact) mass is 227 g/mol. The minimum absolute atomic E-state index is 0. The van der Waals surface area contributed by atoms with Gasteiger partial charge < -0.3 is 0 Å². The van der Waals surface area contributed by atoms with Crippen molar-refractivity contribution in [3.05, 3.63) is 35.4 Å². The van der Waals surface area contributed by atoms with E-state index in [9.17, 15) is 8.78 Å². The summed E-state index contributed by atoms with van der Waals surface area (Å²) in [5.41, 5.74) is 0.612. The summed E-state index contributed by atoms with van der Waals surface area (Å²) in [4.78, 5) is 0. The van der Waals surface area contributed by atoms with Crippen molar-refractivity contribution in [2.45, 2.75) is 5.02 Å². The second-order valence-corrected chi connectivity index (χ2v) is 3.03. The van der Waals surface area contributed by atoms with Crippen molar-refractivity contribution in [3.63, 3.8) is 0 Å². The molecule has 11 heavy (non-hydrogen) atoms. The first-order chi connectivity index (χ1) is 4.74. The van der Waals surface area contributed by atoms with Crippen LogP contribution < -0.4 is 0 Å². The molecule has 0 spiro atoms. The van der Waals surface area contributed by atoms with E-state index in [4.69, 9.17) is 0 Å². The Bertz CT molecular complexity index is 240. The summed E-state index contributed by atoms with van der Waals surface area (Å²) in [6, 6.07) is 3.70. The maximum atomic E-state index is 12.6. The van der Waals surface area contributed by atoms with Gasteiger partial charge in [0.05, 0.1) is 0 Å². The molecule has 0 amide bonds. The van der Waals surface area contributed by atoms with Crippen LogP contribution in [-0.4, -0.2) is 0 Å². The van der Waals surface area contributed by atoms with E-state index >= 15 is 0 Å². The van der Waals surface area contributed by atoms with Gasteiger partial charge in [-0.1, -0.05) is 0 Å². The van der Waals surface area contributed by atoms with Crippen LogP contribution in [0.4, 0.5) is 8.78 Å². The van der Waals surface area contributed by atoms with Gasteiger partial charge in [0.25, 0.3) is 0 Å². The van der Waals surface area contributed by atoms with Crippen LogP contribution in [0.3, 0.4) is 0 Å². The average Bonchev–Trinajstić information content (AvgIpc) is 1.88. The molecule has 0 aromatic heterocycles. The van der Waals surface area contributed by atoms with Gasteiger partial charge in [-0.15, -0.1) is 12.4 Å². The van der Waals surface area contributed by atoms with Crippen LogP contribution in [0.25, 0.3) is 0 Å². The Morgan fingerprint density at radius 1 is 1.27 bits per heavy atom. The standard InChI is InChI=1S/C7H5F2.ClH.Zn/c1-5-2-3-6(8)4-7(5)9;;/h2-4H,1H2;1H;. The van der Waals surface area contributed by atoms with Crippen LogP contribution in [0, 0.1) is 11.6 Å². The maximum absolute atomic E-state index is 12.6. The van der Waals surface area contributed by atoms with Crippen molar-refractivity contribution >= 4 is 12.4 Å². The number of benzene rings is 1. The molecule has 0 N–H and O–H groups in total. The van der Waals surface area contributed by atoms with Crippen LogP contribution >= 0.6 is 12.4 Å². The molecule has 0 atom stereocenters. The summed E-state index contributed by atoms with van der Waals surface area (Å²) in [5.74, 6) is -0.930. The first-order valence-corrected chi connectivity index (χ1v) is 5.07. The minimum atomic E-state index is -0.505. The van der Waals surface area contributed by atoms with E-state index < -0.39 is 11.6 Å². The molecule has 0 heterocycles. The van der Waals surface area contributed by atoms with Crippen molar-refractivity contribution in [2.24, 2.45) is 0 Å². The molecule has 0 saturated heterocycles. The van der Waals surface area contributed by atoms with Gasteiger partial charge in [0.15, 0.2) is 0 Å². The van der Waals surface area contributed by atoms with Gasteiger partial charge in [0.1, 0.15) is 0 Å². The fraction of sp³-hybridized carbons (Fsp3) is 0.143. The van der Waals surface area contributed by atoms with Crippen LogP contribution in [0.2, 0.25) is 0 Å². The molecule has 0 aliphatic rings. The van der Waals surface area contributed by atoms with E-state index in [1.54, 1.807) is 0 Å². The molecular weight excluding hydrogens is 223 g/mol. The molecule has 0 aliphatic heterocycles. The first kappa shape index (κ1) is 11.0. The molecule has 0 bridgehead atoms. The summed E-state index contributed by atoms with van der Waals surface area (Å²) in [6.45, 7) is 0. The predicted octanol–water partition coefficient (Wildman–Crippen LogP) is 2.43. The third-order valence-electron chi connectivity index (χ3n) is 1.28. The number of halogens is 3. The quantitative estimate of drug-likeness (QED) is 0.648. The summed E-state index contributed by atoms with van der Waals surface area (Å²) >= 11 is 1.00. The topological polar surface area (TPSA) is 0 Å². The van der Waals surface area contributed by atoms with Gasteiger partial charge in [0, 0.05) is 0 Å². The molecule has 4 heteroatoms. The van der Waals surface area contributed by atoms with Gasteiger partial charge in [-0.3, -0.25) is 0 Å². The van der Waals surface area contributed by atoms with Crippen molar-refractivity contribution in [2.75, 3.05) is 0 Å². The number of rotatable bonds is 1. The molecule has 0 fully saturated rings. The average molecular weight is 229 g/mol. The fourth-order valence-electron chi connectivity index (χ4n) is 0.724. The van der Waals surface area contributed by atoms with Crippen LogP contribution in [0.1, 0.15) is 5.56 Å². The molecule has 1 aromatic carbocycles. The zero-order valence-electron chi connectivity index (χ0n) is 5.81. The molecule has 1 aromatic rings. The second-order valence-electron chi connectivity index (χ2n) is 1.99. The van der Waals surface area contributed by atoms with E-state index in [0.29, 0.717) is 5.56 Å². The van der Waals surface area contributed by atoms with E-state index in [-0.39, 0.29) is 12.4 Å². The normalized spacial score (nSPS) is 9.09. The molecular formula is C7H6ClF2Zn. The molecule has 1 rings (SSSR count). The summed E-state index contributed by atoms with van der Waals surface area (Å²) in [7, 11) is 0.